The molecular formula is C18H15BrN4O2. The van der Waals surface area contributed by atoms with Gasteiger partial charge in [0.15, 0.2) is 0 Å². The molecule has 126 valence electrons. The van der Waals surface area contributed by atoms with E-state index in [0.29, 0.717) is 30.3 Å². The Morgan fingerprint density at radius 1 is 1.24 bits per heavy atom. The summed E-state index contributed by atoms with van der Waals surface area (Å²) < 4.78 is 6.63. The molecule has 0 fully saturated rings. The summed E-state index contributed by atoms with van der Waals surface area (Å²) in [6.45, 7) is 1.24. The summed E-state index contributed by atoms with van der Waals surface area (Å²) in [7, 11) is 0. The second-order valence-electron chi connectivity index (χ2n) is 5.80. The molecule has 0 bridgehead atoms. The van der Waals surface area contributed by atoms with Crippen molar-refractivity contribution in [2.75, 3.05) is 6.54 Å². The highest BCUT2D eigenvalue weighted by molar-refractivity contribution is 9.10. The number of carbonyl (C=O) groups excluding carboxylic acids is 1. The molecule has 7 heteroatoms. The van der Waals surface area contributed by atoms with Gasteiger partial charge in [0, 0.05) is 47.5 Å². The minimum Gasteiger partial charge on any atom is -0.439 e. The Balaban J connectivity index is 1.46. The van der Waals surface area contributed by atoms with Crippen LogP contribution in [0.2, 0.25) is 0 Å². The van der Waals surface area contributed by atoms with E-state index in [4.69, 9.17) is 4.74 Å². The average Bonchev–Trinajstić information content (AvgIpc) is 3.09. The highest BCUT2D eigenvalue weighted by Gasteiger charge is 2.23. The zero-order chi connectivity index (χ0) is 17.2. The van der Waals surface area contributed by atoms with Gasteiger partial charge in [0.05, 0.1) is 11.8 Å². The topological polar surface area (TPSA) is 71.1 Å². The zero-order valence-electron chi connectivity index (χ0n) is 13.3. The number of rotatable bonds is 3. The number of hydrogen-bond donors (Lipinski definition) is 1. The molecule has 1 aromatic carbocycles. The van der Waals surface area contributed by atoms with E-state index in [0.717, 1.165) is 22.2 Å². The number of pyridine rings is 1. The molecule has 0 spiro atoms. The molecule has 0 saturated heterocycles. The predicted molar refractivity (Wildman–Crippen MR) is 95.5 cm³/mol. The number of fused-ring (bicyclic) bond motifs is 1. The number of aromatic nitrogens is 3. The summed E-state index contributed by atoms with van der Waals surface area (Å²) >= 11 is 3.40. The molecule has 3 heterocycles. The number of amides is 1. The molecule has 1 aliphatic heterocycles. The van der Waals surface area contributed by atoms with E-state index >= 15 is 0 Å². The summed E-state index contributed by atoms with van der Waals surface area (Å²) in [5, 5.41) is 7.00. The number of ether oxygens (including phenoxy) is 1. The van der Waals surface area contributed by atoms with Crippen LogP contribution in [0.1, 0.15) is 21.6 Å². The van der Waals surface area contributed by atoms with Crippen LogP contribution in [0.3, 0.4) is 0 Å². The highest BCUT2D eigenvalue weighted by Crippen LogP contribution is 2.24. The molecule has 0 aliphatic carbocycles. The fourth-order valence-electron chi connectivity index (χ4n) is 2.80. The molecule has 0 atom stereocenters. The smallest absolute Gasteiger partial charge is 0.255 e. The zero-order valence-corrected chi connectivity index (χ0v) is 14.9. The molecule has 0 saturated carbocycles. The first-order chi connectivity index (χ1) is 12.2. The minimum absolute atomic E-state index is 0.0339. The van der Waals surface area contributed by atoms with Crippen molar-refractivity contribution in [1.29, 1.82) is 0 Å². The number of nitrogens with zero attached hydrogens (tertiary/aromatic N) is 3. The van der Waals surface area contributed by atoms with Crippen molar-refractivity contribution in [2.24, 2.45) is 0 Å². The van der Waals surface area contributed by atoms with Gasteiger partial charge >= 0.3 is 0 Å². The van der Waals surface area contributed by atoms with Gasteiger partial charge in [-0.25, -0.2) is 4.98 Å². The molecule has 1 N–H and O–H groups in total. The van der Waals surface area contributed by atoms with Gasteiger partial charge in [0.25, 0.3) is 5.91 Å². The van der Waals surface area contributed by atoms with Gasteiger partial charge in [0.2, 0.25) is 5.88 Å². The van der Waals surface area contributed by atoms with Crippen molar-refractivity contribution < 1.29 is 9.53 Å². The van der Waals surface area contributed by atoms with Gasteiger partial charge in [-0.15, -0.1) is 0 Å². The molecular weight excluding hydrogens is 384 g/mol. The van der Waals surface area contributed by atoms with Crippen LogP contribution in [0.15, 0.2) is 53.3 Å². The largest absolute Gasteiger partial charge is 0.439 e. The fourth-order valence-corrected chi connectivity index (χ4v) is 3.17. The molecule has 4 rings (SSSR count). The van der Waals surface area contributed by atoms with Crippen LogP contribution in [0, 0.1) is 0 Å². The van der Waals surface area contributed by atoms with Crippen LogP contribution in [-0.4, -0.2) is 32.5 Å². The summed E-state index contributed by atoms with van der Waals surface area (Å²) in [5.41, 5.74) is 2.73. The maximum atomic E-state index is 12.7. The first-order valence-corrected chi connectivity index (χ1v) is 8.68. The number of benzene rings is 1. The molecule has 3 aromatic rings. The number of nitrogens with one attached hydrogen (secondary N) is 1. The van der Waals surface area contributed by atoms with E-state index in [1.54, 1.807) is 24.5 Å². The Morgan fingerprint density at radius 2 is 2.16 bits per heavy atom. The molecule has 0 radical (unpaired) electrons. The number of halogens is 1. The number of carbonyl (C=O) groups is 1. The summed E-state index contributed by atoms with van der Waals surface area (Å²) in [4.78, 5) is 18.7. The van der Waals surface area contributed by atoms with Gasteiger partial charge < -0.3 is 9.64 Å². The fraction of sp³-hybridized carbons (Fsp3) is 0.167. The monoisotopic (exact) mass is 398 g/mol. The third-order valence-electron chi connectivity index (χ3n) is 4.09. The second-order valence-corrected chi connectivity index (χ2v) is 6.71. The van der Waals surface area contributed by atoms with Gasteiger partial charge in [0.1, 0.15) is 5.75 Å². The lowest BCUT2D eigenvalue weighted by Gasteiger charge is -2.26. The van der Waals surface area contributed by atoms with Crippen molar-refractivity contribution in [3.8, 4) is 11.6 Å². The van der Waals surface area contributed by atoms with Crippen LogP contribution < -0.4 is 4.74 Å². The van der Waals surface area contributed by atoms with E-state index in [9.17, 15) is 4.79 Å². The van der Waals surface area contributed by atoms with Gasteiger partial charge in [-0.3, -0.25) is 9.89 Å². The molecule has 6 nitrogen and oxygen atoms in total. The Hall–Kier alpha value is -2.67. The van der Waals surface area contributed by atoms with Gasteiger partial charge in [-0.05, 0) is 24.3 Å². The van der Waals surface area contributed by atoms with Gasteiger partial charge in [-0.1, -0.05) is 22.0 Å². The molecule has 0 unspecified atom stereocenters. The van der Waals surface area contributed by atoms with Gasteiger partial charge in [-0.2, -0.15) is 5.10 Å². The average molecular weight is 399 g/mol. The highest BCUT2D eigenvalue weighted by atomic mass is 79.9. The quantitative estimate of drug-likeness (QED) is 0.731. The number of H-pyrrole nitrogens is 1. The van der Waals surface area contributed by atoms with E-state index in [-0.39, 0.29) is 5.91 Å². The number of hydrogen-bond acceptors (Lipinski definition) is 4. The SMILES string of the molecule is O=C(c1ccc(Oc2cccc(Br)c2)nc1)N1CCc2[nH]ncc2C1. The van der Waals surface area contributed by atoms with E-state index in [2.05, 4.69) is 31.1 Å². The van der Waals surface area contributed by atoms with Crippen molar-refractivity contribution in [3.05, 3.63) is 70.1 Å². The molecule has 2 aromatic heterocycles. The molecule has 1 aliphatic rings. The predicted octanol–water partition coefficient (Wildman–Crippen LogP) is 3.56. The first kappa shape index (κ1) is 15.8. The van der Waals surface area contributed by atoms with E-state index < -0.39 is 0 Å². The Morgan fingerprint density at radius 3 is 2.96 bits per heavy atom. The Kier molecular flexibility index (Phi) is 4.23. The van der Waals surface area contributed by atoms with Crippen molar-refractivity contribution in [2.45, 2.75) is 13.0 Å². The van der Waals surface area contributed by atoms with Crippen LogP contribution >= 0.6 is 15.9 Å². The third kappa shape index (κ3) is 3.41. The van der Waals surface area contributed by atoms with Crippen LogP contribution in [-0.2, 0) is 13.0 Å². The summed E-state index contributed by atoms with van der Waals surface area (Å²) in [5.74, 6) is 1.10. The lowest BCUT2D eigenvalue weighted by Crippen LogP contribution is -2.35. The van der Waals surface area contributed by atoms with Crippen molar-refractivity contribution in [3.63, 3.8) is 0 Å². The first-order valence-electron chi connectivity index (χ1n) is 7.89. The van der Waals surface area contributed by atoms with Crippen molar-refractivity contribution in [1.82, 2.24) is 20.1 Å². The number of aromatic amines is 1. The Labute approximate surface area is 153 Å². The summed E-state index contributed by atoms with van der Waals surface area (Å²) in [6, 6.07) is 11.0. The lowest BCUT2D eigenvalue weighted by molar-refractivity contribution is 0.0734. The normalized spacial score (nSPS) is 13.4. The lowest BCUT2D eigenvalue weighted by atomic mass is 10.1. The summed E-state index contributed by atoms with van der Waals surface area (Å²) in [6.07, 6.45) is 4.13. The van der Waals surface area contributed by atoms with Crippen molar-refractivity contribution >= 4 is 21.8 Å². The van der Waals surface area contributed by atoms with Crippen LogP contribution in [0.4, 0.5) is 0 Å². The van der Waals surface area contributed by atoms with Crippen LogP contribution in [0.25, 0.3) is 0 Å². The molecule has 25 heavy (non-hydrogen) atoms. The second kappa shape index (κ2) is 6.68. The third-order valence-corrected chi connectivity index (χ3v) is 4.58. The molecule has 1 amide bonds. The Bertz CT molecular complexity index is 907. The maximum Gasteiger partial charge on any atom is 0.255 e. The van der Waals surface area contributed by atoms with Crippen LogP contribution in [0.5, 0.6) is 11.6 Å². The standard InChI is InChI=1S/C18H15BrN4O2/c19-14-2-1-3-15(8-14)25-17-5-4-12(9-20-17)18(24)23-7-6-16-13(11-23)10-21-22-16/h1-5,8-10H,6-7,11H2,(H,21,22). The maximum absolute atomic E-state index is 12.7. The van der Waals surface area contributed by atoms with E-state index in [1.165, 1.54) is 0 Å². The van der Waals surface area contributed by atoms with E-state index in [1.807, 2.05) is 29.2 Å². The minimum atomic E-state index is -0.0339.